The highest BCUT2D eigenvalue weighted by Gasteiger charge is 2.30. The molecule has 0 aliphatic carbocycles. The second-order valence-corrected chi connectivity index (χ2v) is 9.11. The molecule has 176 valence electrons. The minimum absolute atomic E-state index is 0.0879. The van der Waals surface area contributed by atoms with Crippen LogP contribution in [-0.2, 0) is 11.3 Å². The summed E-state index contributed by atoms with van der Waals surface area (Å²) in [5.74, 6) is 0.173. The maximum absolute atomic E-state index is 11.5. The number of rotatable bonds is 8. The van der Waals surface area contributed by atoms with Crippen molar-refractivity contribution >= 4 is 23.2 Å². The predicted molar refractivity (Wildman–Crippen MR) is 129 cm³/mol. The summed E-state index contributed by atoms with van der Waals surface area (Å²) >= 11 is 6.00. The molecule has 2 aromatic rings. The number of carbonyl (C=O) groups is 1. The number of carbonyl (C=O) groups excluding carboxylic acids is 1. The topological polar surface area (TPSA) is 88.8 Å². The number of halogens is 1. The van der Waals surface area contributed by atoms with Gasteiger partial charge in [-0.3, -0.25) is 14.6 Å². The largest absolute Gasteiger partial charge is 0.489 e. The molecule has 1 aliphatic heterocycles. The van der Waals surface area contributed by atoms with Crippen molar-refractivity contribution < 1.29 is 14.6 Å². The maximum atomic E-state index is 11.5. The Bertz CT molecular complexity index is 992. The smallest absolute Gasteiger partial charge is 0.221 e. The molecule has 3 atom stereocenters. The quantitative estimate of drug-likeness (QED) is 0.613. The molecule has 1 amide bonds. The van der Waals surface area contributed by atoms with E-state index in [1.54, 1.807) is 18.2 Å². The Labute approximate surface area is 200 Å². The Morgan fingerprint density at radius 1 is 1.21 bits per heavy atom. The molecule has 0 radical (unpaired) electrons. The molecular formula is C25H31ClN4O3. The van der Waals surface area contributed by atoms with Crippen LogP contribution in [0.1, 0.15) is 31.9 Å². The molecule has 2 N–H and O–H groups in total. The number of hydrogen-bond donors (Lipinski definition) is 2. The lowest BCUT2D eigenvalue weighted by Crippen LogP contribution is -2.57. The van der Waals surface area contributed by atoms with Gasteiger partial charge in [0.2, 0.25) is 5.91 Å². The van der Waals surface area contributed by atoms with Crippen LogP contribution in [0, 0.1) is 11.3 Å². The zero-order chi connectivity index (χ0) is 24.0. The van der Waals surface area contributed by atoms with E-state index >= 15 is 0 Å². The van der Waals surface area contributed by atoms with Crippen LogP contribution in [0.3, 0.4) is 0 Å². The standard InChI is InChI=1S/C25H31ClN4O3/c1-17-13-30(18(2)12-29(17)14-20-4-7-22(26)8-5-20)15-23(32)16-33-25-9-6-21(11-27)10-24(25)28-19(3)31/h4-10,17-18,23,32H,12-16H2,1-3H3,(H,28,31). The van der Waals surface area contributed by atoms with E-state index in [1.807, 2.05) is 18.2 Å². The Morgan fingerprint density at radius 2 is 1.88 bits per heavy atom. The van der Waals surface area contributed by atoms with Crippen molar-refractivity contribution in [2.24, 2.45) is 0 Å². The van der Waals surface area contributed by atoms with Crippen molar-refractivity contribution in [1.82, 2.24) is 9.80 Å². The first-order chi connectivity index (χ1) is 15.7. The number of nitriles is 1. The average molecular weight is 471 g/mol. The second-order valence-electron chi connectivity index (χ2n) is 8.68. The van der Waals surface area contributed by atoms with Gasteiger partial charge >= 0.3 is 0 Å². The molecule has 1 saturated heterocycles. The van der Waals surface area contributed by atoms with Crippen molar-refractivity contribution in [2.45, 2.75) is 45.5 Å². The lowest BCUT2D eigenvalue weighted by Gasteiger charge is -2.44. The molecule has 8 heteroatoms. The van der Waals surface area contributed by atoms with Crippen molar-refractivity contribution in [3.8, 4) is 11.8 Å². The van der Waals surface area contributed by atoms with Crippen LogP contribution >= 0.6 is 11.6 Å². The highest BCUT2D eigenvalue weighted by atomic mass is 35.5. The number of aliphatic hydroxyl groups excluding tert-OH is 1. The van der Waals surface area contributed by atoms with Gasteiger partial charge in [0.1, 0.15) is 18.5 Å². The molecule has 0 spiro atoms. The van der Waals surface area contributed by atoms with E-state index in [0.29, 0.717) is 29.6 Å². The summed E-state index contributed by atoms with van der Waals surface area (Å²) in [5.41, 5.74) is 2.08. The average Bonchev–Trinajstić information content (AvgIpc) is 2.77. The number of ether oxygens (including phenoxy) is 1. The molecule has 2 aromatic carbocycles. The summed E-state index contributed by atoms with van der Waals surface area (Å²) in [6, 6.07) is 15.5. The number of β-amino-alcohol motifs (C(OH)–C–C–N with tert-alkyl or cyclic N) is 1. The molecular weight excluding hydrogens is 440 g/mol. The molecule has 1 heterocycles. The van der Waals surface area contributed by atoms with Crippen LogP contribution in [0.4, 0.5) is 5.69 Å². The van der Waals surface area contributed by atoms with E-state index in [2.05, 4.69) is 41.1 Å². The van der Waals surface area contributed by atoms with Crippen LogP contribution in [0.15, 0.2) is 42.5 Å². The number of aliphatic hydroxyl groups is 1. The summed E-state index contributed by atoms with van der Waals surface area (Å²) in [5, 5.41) is 23.1. The van der Waals surface area contributed by atoms with Crippen molar-refractivity contribution in [1.29, 1.82) is 5.26 Å². The number of nitrogens with one attached hydrogen (secondary N) is 1. The number of piperazine rings is 1. The lowest BCUT2D eigenvalue weighted by molar-refractivity contribution is -0.114. The van der Waals surface area contributed by atoms with Gasteiger partial charge in [-0.25, -0.2) is 0 Å². The molecule has 33 heavy (non-hydrogen) atoms. The normalized spacial score (nSPS) is 20.1. The SMILES string of the molecule is CC(=O)Nc1cc(C#N)ccc1OCC(O)CN1CC(C)N(Cc2ccc(Cl)cc2)CC1C. The molecule has 0 aromatic heterocycles. The van der Waals surface area contributed by atoms with E-state index < -0.39 is 6.10 Å². The van der Waals surface area contributed by atoms with Gasteiger partial charge in [-0.05, 0) is 49.7 Å². The van der Waals surface area contributed by atoms with Crippen molar-refractivity contribution in [3.05, 3.63) is 58.6 Å². The number of nitrogens with zero attached hydrogens (tertiary/aromatic N) is 3. The van der Waals surface area contributed by atoms with Gasteiger partial charge in [-0.15, -0.1) is 0 Å². The van der Waals surface area contributed by atoms with Gasteiger partial charge in [0, 0.05) is 50.2 Å². The zero-order valence-corrected chi connectivity index (χ0v) is 20.0. The first-order valence-corrected chi connectivity index (χ1v) is 11.5. The molecule has 0 bridgehead atoms. The Morgan fingerprint density at radius 3 is 2.55 bits per heavy atom. The number of anilines is 1. The van der Waals surface area contributed by atoms with Crippen LogP contribution in [0.5, 0.6) is 5.75 Å². The van der Waals surface area contributed by atoms with Gasteiger partial charge in [-0.2, -0.15) is 5.26 Å². The maximum Gasteiger partial charge on any atom is 0.221 e. The molecule has 0 saturated carbocycles. The van der Waals surface area contributed by atoms with E-state index in [1.165, 1.54) is 12.5 Å². The van der Waals surface area contributed by atoms with Crippen LogP contribution < -0.4 is 10.1 Å². The number of hydrogen-bond acceptors (Lipinski definition) is 6. The van der Waals surface area contributed by atoms with Crippen LogP contribution in [0.2, 0.25) is 5.02 Å². The monoisotopic (exact) mass is 470 g/mol. The zero-order valence-electron chi connectivity index (χ0n) is 19.3. The molecule has 1 fully saturated rings. The Hall–Kier alpha value is -2.63. The Kier molecular flexibility index (Phi) is 8.70. The first-order valence-electron chi connectivity index (χ1n) is 11.1. The summed E-state index contributed by atoms with van der Waals surface area (Å²) in [4.78, 5) is 16.2. The van der Waals surface area contributed by atoms with Gasteiger partial charge in [0.25, 0.3) is 0 Å². The summed E-state index contributed by atoms with van der Waals surface area (Å²) in [7, 11) is 0. The van der Waals surface area contributed by atoms with E-state index in [0.717, 1.165) is 24.7 Å². The van der Waals surface area contributed by atoms with Crippen LogP contribution in [-0.4, -0.2) is 65.2 Å². The second kappa shape index (κ2) is 11.5. The fourth-order valence-corrected chi connectivity index (χ4v) is 4.22. The number of amides is 1. The number of benzene rings is 2. The summed E-state index contributed by atoms with van der Waals surface area (Å²) in [6.07, 6.45) is -0.691. The fraction of sp³-hybridized carbons (Fsp3) is 0.440. The molecule has 3 unspecified atom stereocenters. The fourth-order valence-electron chi connectivity index (χ4n) is 4.09. The Balaban J connectivity index is 1.53. The highest BCUT2D eigenvalue weighted by Crippen LogP contribution is 2.26. The van der Waals surface area contributed by atoms with Crippen molar-refractivity contribution in [2.75, 3.05) is 31.6 Å². The molecule has 1 aliphatic rings. The van der Waals surface area contributed by atoms with E-state index in [9.17, 15) is 9.90 Å². The first kappa shape index (κ1) is 25.0. The molecule has 7 nitrogen and oxygen atoms in total. The minimum Gasteiger partial charge on any atom is -0.489 e. The lowest BCUT2D eigenvalue weighted by atomic mass is 10.1. The third-order valence-electron chi connectivity index (χ3n) is 5.84. The van der Waals surface area contributed by atoms with Gasteiger partial charge in [-0.1, -0.05) is 23.7 Å². The molecule has 3 rings (SSSR count). The minimum atomic E-state index is -0.691. The third-order valence-corrected chi connectivity index (χ3v) is 6.09. The van der Waals surface area contributed by atoms with Gasteiger partial charge < -0.3 is 15.2 Å². The highest BCUT2D eigenvalue weighted by molar-refractivity contribution is 6.30. The summed E-state index contributed by atoms with van der Waals surface area (Å²) in [6.45, 7) is 8.97. The van der Waals surface area contributed by atoms with Gasteiger partial charge in [0.15, 0.2) is 0 Å². The van der Waals surface area contributed by atoms with Crippen LogP contribution in [0.25, 0.3) is 0 Å². The third kappa shape index (κ3) is 7.18. The van der Waals surface area contributed by atoms with E-state index in [4.69, 9.17) is 21.6 Å². The predicted octanol–water partition coefficient (Wildman–Crippen LogP) is 3.50. The van der Waals surface area contributed by atoms with E-state index in [-0.39, 0.29) is 18.6 Å². The van der Waals surface area contributed by atoms with Gasteiger partial charge in [0.05, 0.1) is 17.3 Å². The summed E-state index contributed by atoms with van der Waals surface area (Å²) < 4.78 is 5.79. The van der Waals surface area contributed by atoms with Crippen molar-refractivity contribution in [3.63, 3.8) is 0 Å².